The first-order valence-corrected chi connectivity index (χ1v) is 5.18. The lowest BCUT2D eigenvalue weighted by atomic mass is 10.2. The number of aromatic hydroxyl groups is 1. The molecule has 2 rings (SSSR count). The van der Waals surface area contributed by atoms with Crippen molar-refractivity contribution >= 4 is 11.6 Å². The number of anilines is 1. The van der Waals surface area contributed by atoms with Crippen molar-refractivity contribution in [1.29, 1.82) is 0 Å². The molecule has 0 bridgehead atoms. The smallest absolute Gasteiger partial charge is 0.255 e. The molecule has 0 atom stereocenters. The Morgan fingerprint density at radius 2 is 1.94 bits per heavy atom. The molecule has 17 heavy (non-hydrogen) atoms. The molecule has 1 heterocycles. The van der Waals surface area contributed by atoms with E-state index in [-0.39, 0.29) is 11.7 Å². The minimum absolute atomic E-state index is 0.0537. The molecule has 1 aromatic heterocycles. The first kappa shape index (κ1) is 11.1. The van der Waals surface area contributed by atoms with E-state index in [2.05, 4.69) is 10.3 Å². The van der Waals surface area contributed by atoms with E-state index in [1.807, 2.05) is 6.92 Å². The summed E-state index contributed by atoms with van der Waals surface area (Å²) in [6.45, 7) is 1.89. The van der Waals surface area contributed by atoms with Gasteiger partial charge in [-0.1, -0.05) is 6.07 Å². The van der Waals surface area contributed by atoms with Gasteiger partial charge in [-0.05, 0) is 36.8 Å². The number of hydrogen-bond donors (Lipinski definition) is 2. The van der Waals surface area contributed by atoms with Crippen molar-refractivity contribution in [2.24, 2.45) is 0 Å². The van der Waals surface area contributed by atoms with E-state index in [4.69, 9.17) is 0 Å². The maximum Gasteiger partial charge on any atom is 0.255 e. The molecule has 4 heteroatoms. The Labute approximate surface area is 98.9 Å². The minimum atomic E-state index is -0.270. The second-order valence-electron chi connectivity index (χ2n) is 3.71. The Morgan fingerprint density at radius 1 is 1.24 bits per heavy atom. The fourth-order valence-electron chi connectivity index (χ4n) is 1.45. The SMILES string of the molecule is Cc1ccc(O)c(NC(=O)c2ccncc2)c1. The van der Waals surface area contributed by atoms with Gasteiger partial charge in [-0.15, -0.1) is 0 Å². The number of pyridine rings is 1. The second-order valence-corrected chi connectivity index (χ2v) is 3.71. The van der Waals surface area contributed by atoms with E-state index in [0.717, 1.165) is 5.56 Å². The third kappa shape index (κ3) is 2.60. The topological polar surface area (TPSA) is 62.2 Å². The molecule has 2 aromatic rings. The number of nitrogens with one attached hydrogen (secondary N) is 1. The number of aromatic nitrogens is 1. The number of hydrogen-bond acceptors (Lipinski definition) is 3. The van der Waals surface area contributed by atoms with Crippen LogP contribution in [0, 0.1) is 6.92 Å². The van der Waals surface area contributed by atoms with Crippen LogP contribution in [0.25, 0.3) is 0 Å². The molecule has 0 fully saturated rings. The summed E-state index contributed by atoms with van der Waals surface area (Å²) in [7, 11) is 0. The normalized spacial score (nSPS) is 9.94. The zero-order valence-electron chi connectivity index (χ0n) is 9.34. The van der Waals surface area contributed by atoms with Crippen LogP contribution < -0.4 is 5.32 Å². The molecule has 1 amide bonds. The van der Waals surface area contributed by atoms with E-state index < -0.39 is 0 Å². The summed E-state index contributed by atoms with van der Waals surface area (Å²) in [5.74, 6) is -0.216. The van der Waals surface area contributed by atoms with Gasteiger partial charge in [0.15, 0.2) is 0 Å². The highest BCUT2D eigenvalue weighted by molar-refractivity contribution is 6.04. The van der Waals surface area contributed by atoms with Gasteiger partial charge < -0.3 is 10.4 Å². The molecule has 0 saturated heterocycles. The average Bonchev–Trinajstić information content (AvgIpc) is 2.35. The van der Waals surface area contributed by atoms with Crippen LogP contribution in [0.3, 0.4) is 0 Å². The Hall–Kier alpha value is -2.36. The van der Waals surface area contributed by atoms with Crippen LogP contribution in [0.4, 0.5) is 5.69 Å². The summed E-state index contributed by atoms with van der Waals surface area (Å²) in [6, 6.07) is 8.27. The van der Waals surface area contributed by atoms with Crippen LogP contribution >= 0.6 is 0 Å². The van der Waals surface area contributed by atoms with Crippen LogP contribution in [0.1, 0.15) is 15.9 Å². The highest BCUT2D eigenvalue weighted by Gasteiger charge is 2.08. The van der Waals surface area contributed by atoms with E-state index in [1.165, 1.54) is 0 Å². The Morgan fingerprint density at radius 3 is 2.65 bits per heavy atom. The number of amides is 1. The lowest BCUT2D eigenvalue weighted by molar-refractivity contribution is 0.102. The van der Waals surface area contributed by atoms with Gasteiger partial charge >= 0.3 is 0 Å². The van der Waals surface area contributed by atoms with Gasteiger partial charge in [-0.2, -0.15) is 0 Å². The molecular formula is C13H12N2O2. The molecule has 0 radical (unpaired) electrons. The van der Waals surface area contributed by atoms with Crippen molar-refractivity contribution in [3.63, 3.8) is 0 Å². The van der Waals surface area contributed by atoms with Gasteiger partial charge in [0.05, 0.1) is 5.69 Å². The molecule has 0 saturated carbocycles. The van der Waals surface area contributed by atoms with E-state index in [9.17, 15) is 9.90 Å². The monoisotopic (exact) mass is 228 g/mol. The Bertz CT molecular complexity index is 538. The van der Waals surface area contributed by atoms with Crippen LogP contribution in [-0.4, -0.2) is 16.0 Å². The number of nitrogens with zero attached hydrogens (tertiary/aromatic N) is 1. The third-order valence-electron chi connectivity index (χ3n) is 2.34. The summed E-state index contributed by atoms with van der Waals surface area (Å²) in [5, 5.41) is 12.3. The minimum Gasteiger partial charge on any atom is -0.506 e. The maximum atomic E-state index is 11.8. The first-order valence-electron chi connectivity index (χ1n) is 5.18. The van der Waals surface area contributed by atoms with Crippen molar-refractivity contribution in [2.75, 3.05) is 5.32 Å². The Balaban J connectivity index is 2.22. The number of aryl methyl sites for hydroxylation is 1. The maximum absolute atomic E-state index is 11.8. The second kappa shape index (κ2) is 4.65. The quantitative estimate of drug-likeness (QED) is 0.775. The van der Waals surface area contributed by atoms with E-state index in [1.54, 1.807) is 42.7 Å². The number of carbonyl (C=O) groups is 1. The van der Waals surface area contributed by atoms with Gasteiger partial charge in [-0.3, -0.25) is 9.78 Å². The fraction of sp³-hybridized carbons (Fsp3) is 0.0769. The van der Waals surface area contributed by atoms with Gasteiger partial charge in [0.1, 0.15) is 5.75 Å². The van der Waals surface area contributed by atoms with Gasteiger partial charge in [0, 0.05) is 18.0 Å². The lowest BCUT2D eigenvalue weighted by Crippen LogP contribution is -2.11. The zero-order chi connectivity index (χ0) is 12.3. The standard InChI is InChI=1S/C13H12N2O2/c1-9-2-3-12(16)11(8-9)15-13(17)10-4-6-14-7-5-10/h2-8,16H,1H3,(H,15,17). The third-order valence-corrected chi connectivity index (χ3v) is 2.34. The van der Waals surface area contributed by atoms with Crippen molar-refractivity contribution in [2.45, 2.75) is 6.92 Å². The molecular weight excluding hydrogens is 216 g/mol. The summed E-state index contributed by atoms with van der Waals surface area (Å²) in [5.41, 5.74) is 1.88. The predicted molar refractivity (Wildman–Crippen MR) is 65.0 cm³/mol. The van der Waals surface area contributed by atoms with Gasteiger partial charge in [-0.25, -0.2) is 0 Å². The molecule has 1 aromatic carbocycles. The summed E-state index contributed by atoms with van der Waals surface area (Å²) < 4.78 is 0. The number of phenols is 1. The number of benzene rings is 1. The lowest BCUT2D eigenvalue weighted by Gasteiger charge is -2.07. The molecule has 86 valence electrons. The summed E-state index contributed by atoms with van der Waals surface area (Å²) in [4.78, 5) is 15.7. The largest absolute Gasteiger partial charge is 0.506 e. The number of phenolic OH excluding ortho intramolecular Hbond substituents is 1. The van der Waals surface area contributed by atoms with Crippen molar-refractivity contribution in [3.05, 3.63) is 53.9 Å². The molecule has 0 unspecified atom stereocenters. The van der Waals surface area contributed by atoms with Gasteiger partial charge in [0.2, 0.25) is 0 Å². The van der Waals surface area contributed by atoms with E-state index in [0.29, 0.717) is 11.3 Å². The molecule has 0 aliphatic carbocycles. The Kier molecular flexibility index (Phi) is 3.05. The summed E-state index contributed by atoms with van der Waals surface area (Å²) >= 11 is 0. The number of carbonyl (C=O) groups excluding carboxylic acids is 1. The fourth-order valence-corrected chi connectivity index (χ4v) is 1.45. The summed E-state index contributed by atoms with van der Waals surface area (Å²) in [6.07, 6.45) is 3.09. The highest BCUT2D eigenvalue weighted by atomic mass is 16.3. The van der Waals surface area contributed by atoms with Crippen molar-refractivity contribution < 1.29 is 9.90 Å². The highest BCUT2D eigenvalue weighted by Crippen LogP contribution is 2.24. The van der Waals surface area contributed by atoms with Crippen LogP contribution in [0.2, 0.25) is 0 Å². The van der Waals surface area contributed by atoms with Crippen molar-refractivity contribution in [1.82, 2.24) is 4.98 Å². The average molecular weight is 228 g/mol. The molecule has 2 N–H and O–H groups in total. The van der Waals surface area contributed by atoms with Crippen LogP contribution in [0.15, 0.2) is 42.7 Å². The number of rotatable bonds is 2. The van der Waals surface area contributed by atoms with E-state index >= 15 is 0 Å². The van der Waals surface area contributed by atoms with Gasteiger partial charge in [0.25, 0.3) is 5.91 Å². The molecule has 0 spiro atoms. The molecule has 0 aliphatic rings. The zero-order valence-corrected chi connectivity index (χ0v) is 9.34. The van der Waals surface area contributed by atoms with Crippen LogP contribution in [-0.2, 0) is 0 Å². The van der Waals surface area contributed by atoms with Crippen LogP contribution in [0.5, 0.6) is 5.75 Å². The first-order chi connectivity index (χ1) is 8.16. The molecule has 0 aliphatic heterocycles. The van der Waals surface area contributed by atoms with Crippen molar-refractivity contribution in [3.8, 4) is 5.75 Å². The molecule has 4 nitrogen and oxygen atoms in total. The predicted octanol–water partition coefficient (Wildman–Crippen LogP) is 2.35.